The lowest BCUT2D eigenvalue weighted by atomic mass is 9.89. The van der Waals surface area contributed by atoms with Crippen LogP contribution in [0.2, 0.25) is 0 Å². The van der Waals surface area contributed by atoms with Gasteiger partial charge < -0.3 is 10.0 Å². The highest BCUT2D eigenvalue weighted by atomic mass is 16.3. The number of amides is 1. The molecule has 0 aliphatic carbocycles. The van der Waals surface area contributed by atoms with E-state index < -0.39 is 5.60 Å². The van der Waals surface area contributed by atoms with Crippen LogP contribution in [0.1, 0.15) is 30.5 Å². The second-order valence-corrected chi connectivity index (χ2v) is 6.04. The molecule has 1 fully saturated rings. The van der Waals surface area contributed by atoms with E-state index in [9.17, 15) is 9.90 Å². The van der Waals surface area contributed by atoms with Gasteiger partial charge in [0.15, 0.2) is 0 Å². The second-order valence-electron chi connectivity index (χ2n) is 6.04. The first kappa shape index (κ1) is 15.0. The highest BCUT2D eigenvalue weighted by Gasteiger charge is 2.35. The molecule has 1 aromatic rings. The normalized spacial score (nSPS) is 23.8. The molecule has 1 aromatic heterocycles. The Morgan fingerprint density at radius 3 is 2.95 bits per heavy atom. The van der Waals surface area contributed by atoms with E-state index in [4.69, 9.17) is 0 Å². The average molecular weight is 280 g/mol. The molecule has 0 saturated carbocycles. The van der Waals surface area contributed by atoms with E-state index in [0.717, 1.165) is 30.8 Å². The van der Waals surface area contributed by atoms with E-state index in [2.05, 4.69) is 15.1 Å². The molecule has 20 heavy (non-hydrogen) atoms. The summed E-state index contributed by atoms with van der Waals surface area (Å²) in [6.45, 7) is 4.23. The summed E-state index contributed by atoms with van der Waals surface area (Å²) < 4.78 is 0. The lowest BCUT2D eigenvalue weighted by Gasteiger charge is -2.39. The molecule has 1 aliphatic heterocycles. The summed E-state index contributed by atoms with van der Waals surface area (Å²) >= 11 is 0. The van der Waals surface area contributed by atoms with Crippen molar-refractivity contribution in [1.29, 1.82) is 0 Å². The monoisotopic (exact) mass is 280 g/mol. The van der Waals surface area contributed by atoms with Gasteiger partial charge >= 0.3 is 0 Å². The van der Waals surface area contributed by atoms with Crippen molar-refractivity contribution in [3.8, 4) is 0 Å². The minimum atomic E-state index is -0.909. The number of carbonyl (C=O) groups is 1. The fourth-order valence-electron chi connectivity index (χ4n) is 2.68. The van der Waals surface area contributed by atoms with E-state index in [1.54, 1.807) is 20.3 Å². The van der Waals surface area contributed by atoms with Crippen LogP contribution in [0.5, 0.6) is 0 Å². The zero-order chi connectivity index (χ0) is 14.8. The van der Waals surface area contributed by atoms with Crippen molar-refractivity contribution in [1.82, 2.24) is 20.0 Å². The van der Waals surface area contributed by atoms with Gasteiger partial charge in [0.1, 0.15) is 0 Å². The second kappa shape index (κ2) is 5.93. The van der Waals surface area contributed by atoms with E-state index >= 15 is 0 Å². The summed E-state index contributed by atoms with van der Waals surface area (Å²) in [6, 6.07) is 0. The molecule has 0 spiro atoms. The molecule has 1 aliphatic rings. The number of aryl methyl sites for hydroxylation is 1. The first-order chi connectivity index (χ1) is 9.39. The Labute approximate surface area is 119 Å². The smallest absolute Gasteiger partial charge is 0.224 e. The third kappa shape index (κ3) is 3.58. The molecule has 0 aromatic carbocycles. The van der Waals surface area contributed by atoms with Crippen LogP contribution in [0.3, 0.4) is 0 Å². The highest BCUT2D eigenvalue weighted by molar-refractivity contribution is 5.76. The summed E-state index contributed by atoms with van der Waals surface area (Å²) in [4.78, 5) is 15.6. The van der Waals surface area contributed by atoms with Crippen LogP contribution >= 0.6 is 0 Å². The Hall–Kier alpha value is -1.40. The Morgan fingerprint density at radius 2 is 2.35 bits per heavy atom. The van der Waals surface area contributed by atoms with Crippen molar-refractivity contribution >= 4 is 5.91 Å². The van der Waals surface area contributed by atoms with Gasteiger partial charge in [-0.25, -0.2) is 0 Å². The third-order valence-electron chi connectivity index (χ3n) is 3.93. The van der Waals surface area contributed by atoms with Crippen LogP contribution in [0.25, 0.3) is 0 Å². The molecule has 2 rings (SSSR count). The number of likely N-dealkylation sites (tertiary alicyclic amines) is 1. The molecule has 1 amide bonds. The fraction of sp³-hybridized carbons (Fsp3) is 0.714. The topological polar surface area (TPSA) is 72.5 Å². The van der Waals surface area contributed by atoms with Crippen molar-refractivity contribution in [3.63, 3.8) is 0 Å². The Kier molecular flexibility index (Phi) is 4.45. The van der Waals surface area contributed by atoms with Crippen LogP contribution in [0.4, 0.5) is 0 Å². The molecule has 112 valence electrons. The number of hydrogen-bond acceptors (Lipinski definition) is 4. The lowest BCUT2D eigenvalue weighted by molar-refractivity contribution is -0.136. The van der Waals surface area contributed by atoms with Gasteiger partial charge in [-0.2, -0.15) is 5.10 Å². The van der Waals surface area contributed by atoms with Crippen molar-refractivity contribution in [2.75, 3.05) is 27.2 Å². The van der Waals surface area contributed by atoms with Gasteiger partial charge in [-0.05, 0) is 31.9 Å². The fourth-order valence-corrected chi connectivity index (χ4v) is 2.68. The number of piperidine rings is 1. The molecule has 2 heterocycles. The Bertz CT molecular complexity index is 471. The van der Waals surface area contributed by atoms with Crippen molar-refractivity contribution < 1.29 is 9.90 Å². The van der Waals surface area contributed by atoms with E-state index in [-0.39, 0.29) is 12.3 Å². The van der Waals surface area contributed by atoms with E-state index in [1.807, 2.05) is 6.92 Å². The minimum Gasteiger partial charge on any atom is -0.388 e. The summed E-state index contributed by atoms with van der Waals surface area (Å²) in [5, 5.41) is 17.7. The van der Waals surface area contributed by atoms with E-state index in [1.165, 1.54) is 4.90 Å². The molecule has 0 bridgehead atoms. The van der Waals surface area contributed by atoms with Gasteiger partial charge in [0.25, 0.3) is 0 Å². The number of aromatic nitrogens is 2. The number of rotatable bonds is 4. The maximum Gasteiger partial charge on any atom is 0.224 e. The zero-order valence-corrected chi connectivity index (χ0v) is 12.5. The van der Waals surface area contributed by atoms with E-state index in [0.29, 0.717) is 13.0 Å². The largest absolute Gasteiger partial charge is 0.388 e. The molecular weight excluding hydrogens is 256 g/mol. The van der Waals surface area contributed by atoms with Crippen LogP contribution < -0.4 is 0 Å². The first-order valence-electron chi connectivity index (χ1n) is 7.03. The Balaban J connectivity index is 1.97. The predicted molar refractivity (Wildman–Crippen MR) is 76.1 cm³/mol. The molecule has 1 saturated heterocycles. The number of nitrogens with one attached hydrogen (secondary N) is 1. The molecule has 6 heteroatoms. The maximum absolute atomic E-state index is 11.8. The number of carbonyl (C=O) groups excluding carboxylic acids is 1. The van der Waals surface area contributed by atoms with Crippen LogP contribution in [0.15, 0.2) is 6.20 Å². The van der Waals surface area contributed by atoms with Crippen molar-refractivity contribution in [2.45, 2.75) is 38.3 Å². The molecule has 2 N–H and O–H groups in total. The quantitative estimate of drug-likeness (QED) is 0.843. The zero-order valence-electron chi connectivity index (χ0n) is 12.5. The SMILES string of the molecule is Cc1cn[nH]c1CN1CCCC(O)(CC(=O)N(C)C)C1. The van der Waals surface area contributed by atoms with Gasteiger partial charge in [0, 0.05) is 27.2 Å². The number of hydrogen-bond donors (Lipinski definition) is 2. The number of nitrogens with zero attached hydrogens (tertiary/aromatic N) is 3. The summed E-state index contributed by atoms with van der Waals surface area (Å²) in [5.74, 6) is -0.0212. The molecular formula is C14H24N4O2. The van der Waals surface area contributed by atoms with Crippen molar-refractivity contribution in [2.24, 2.45) is 0 Å². The van der Waals surface area contributed by atoms with Crippen LogP contribution in [0, 0.1) is 6.92 Å². The molecule has 6 nitrogen and oxygen atoms in total. The highest BCUT2D eigenvalue weighted by Crippen LogP contribution is 2.26. The summed E-state index contributed by atoms with van der Waals surface area (Å²) in [7, 11) is 3.44. The molecule has 1 atom stereocenters. The average Bonchev–Trinajstić information content (AvgIpc) is 2.74. The standard InChI is InChI=1S/C14H24N4O2/c1-11-8-15-16-12(11)9-18-6-4-5-14(20,10-18)7-13(19)17(2)3/h8,20H,4-7,9-10H2,1-3H3,(H,15,16). The van der Waals surface area contributed by atoms with Crippen LogP contribution in [-0.2, 0) is 11.3 Å². The van der Waals surface area contributed by atoms with Gasteiger partial charge in [-0.3, -0.25) is 14.8 Å². The number of β-amino-alcohol motifs (C(OH)–C–C–N with tert-alkyl or cyclic N) is 1. The molecule has 0 radical (unpaired) electrons. The lowest BCUT2D eigenvalue weighted by Crippen LogP contribution is -2.50. The van der Waals surface area contributed by atoms with Crippen LogP contribution in [-0.4, -0.2) is 63.8 Å². The first-order valence-corrected chi connectivity index (χ1v) is 7.03. The van der Waals surface area contributed by atoms with Gasteiger partial charge in [-0.15, -0.1) is 0 Å². The third-order valence-corrected chi connectivity index (χ3v) is 3.93. The minimum absolute atomic E-state index is 0.0212. The maximum atomic E-state index is 11.8. The van der Waals surface area contributed by atoms with Gasteiger partial charge in [-0.1, -0.05) is 0 Å². The van der Waals surface area contributed by atoms with Gasteiger partial charge in [0.05, 0.1) is 23.9 Å². The Morgan fingerprint density at radius 1 is 1.60 bits per heavy atom. The van der Waals surface area contributed by atoms with Crippen molar-refractivity contribution in [3.05, 3.63) is 17.5 Å². The van der Waals surface area contributed by atoms with Gasteiger partial charge in [0.2, 0.25) is 5.91 Å². The number of aliphatic hydroxyl groups is 1. The number of aromatic amines is 1. The summed E-state index contributed by atoms with van der Waals surface area (Å²) in [5.41, 5.74) is 1.30. The molecule has 1 unspecified atom stereocenters. The summed E-state index contributed by atoms with van der Waals surface area (Å²) in [6.07, 6.45) is 3.59. The predicted octanol–water partition coefficient (Wildman–Crippen LogP) is 0.523. The number of H-pyrrole nitrogens is 1.